The summed E-state index contributed by atoms with van der Waals surface area (Å²) in [6.07, 6.45) is 4.71. The second kappa shape index (κ2) is 8.45. The van der Waals surface area contributed by atoms with Crippen molar-refractivity contribution in [3.05, 3.63) is 57.8 Å². The first-order valence-corrected chi connectivity index (χ1v) is 9.85. The highest BCUT2D eigenvalue weighted by atomic mass is 32.1. The number of amides is 1. The van der Waals surface area contributed by atoms with Gasteiger partial charge in [0.15, 0.2) is 0 Å². The van der Waals surface area contributed by atoms with Crippen LogP contribution in [0.1, 0.15) is 53.7 Å². The molecular formula is C20H26N2OS. The fourth-order valence-corrected chi connectivity index (χ4v) is 4.09. The standard InChI is InChI=1S/C20H26N2OS/c1-2-5-16-6-8-17(9-7-16)20(23)21-14-19(18-10-13-24-15-18)22-11-3-4-12-22/h6-10,13,15,19H,2-5,11-12,14H2,1H3,(H,21,23). The summed E-state index contributed by atoms with van der Waals surface area (Å²) in [5, 5.41) is 7.46. The maximum absolute atomic E-state index is 12.5. The first-order valence-electron chi connectivity index (χ1n) is 8.91. The van der Waals surface area contributed by atoms with Gasteiger partial charge in [-0.25, -0.2) is 0 Å². The maximum atomic E-state index is 12.5. The minimum atomic E-state index is 0.0254. The van der Waals surface area contributed by atoms with Gasteiger partial charge >= 0.3 is 0 Å². The van der Waals surface area contributed by atoms with Crippen molar-refractivity contribution >= 4 is 17.2 Å². The molecule has 0 radical (unpaired) electrons. The molecule has 3 rings (SSSR count). The molecule has 2 heterocycles. The van der Waals surface area contributed by atoms with Crippen LogP contribution in [0.3, 0.4) is 0 Å². The maximum Gasteiger partial charge on any atom is 0.251 e. The average Bonchev–Trinajstić information content (AvgIpc) is 3.30. The van der Waals surface area contributed by atoms with Gasteiger partial charge in [0.05, 0.1) is 6.04 Å². The topological polar surface area (TPSA) is 32.3 Å². The number of carbonyl (C=O) groups excluding carboxylic acids is 1. The van der Waals surface area contributed by atoms with Gasteiger partial charge in [0, 0.05) is 12.1 Å². The molecule has 24 heavy (non-hydrogen) atoms. The van der Waals surface area contributed by atoms with Crippen molar-refractivity contribution in [2.75, 3.05) is 19.6 Å². The Morgan fingerprint density at radius 3 is 2.58 bits per heavy atom. The number of hydrogen-bond donors (Lipinski definition) is 1. The molecule has 2 aromatic rings. The zero-order valence-corrected chi connectivity index (χ0v) is 15.1. The Labute approximate surface area is 148 Å². The van der Waals surface area contributed by atoms with Crippen molar-refractivity contribution in [1.82, 2.24) is 10.2 Å². The lowest BCUT2D eigenvalue weighted by Crippen LogP contribution is -2.36. The summed E-state index contributed by atoms with van der Waals surface area (Å²) in [5.41, 5.74) is 3.36. The zero-order valence-electron chi connectivity index (χ0n) is 14.3. The predicted octanol–water partition coefficient (Wildman–Crippen LogP) is 4.27. The van der Waals surface area contributed by atoms with Gasteiger partial charge < -0.3 is 5.32 Å². The molecule has 1 aliphatic heterocycles. The highest BCUT2D eigenvalue weighted by Crippen LogP contribution is 2.26. The van der Waals surface area contributed by atoms with E-state index in [9.17, 15) is 4.79 Å². The molecule has 1 aromatic heterocycles. The molecule has 1 aliphatic rings. The van der Waals surface area contributed by atoms with Gasteiger partial charge in [-0.15, -0.1) is 0 Å². The summed E-state index contributed by atoms with van der Waals surface area (Å²) < 4.78 is 0. The molecular weight excluding hydrogens is 316 g/mol. The highest BCUT2D eigenvalue weighted by Gasteiger charge is 2.24. The van der Waals surface area contributed by atoms with E-state index in [4.69, 9.17) is 0 Å². The van der Waals surface area contributed by atoms with Gasteiger partial charge in [-0.05, 0) is 72.4 Å². The third kappa shape index (κ3) is 4.25. The molecule has 1 atom stereocenters. The molecule has 4 heteroatoms. The van der Waals surface area contributed by atoms with Crippen LogP contribution in [0.15, 0.2) is 41.1 Å². The van der Waals surface area contributed by atoms with E-state index in [0.29, 0.717) is 12.6 Å². The summed E-state index contributed by atoms with van der Waals surface area (Å²) >= 11 is 1.72. The van der Waals surface area contributed by atoms with Crippen molar-refractivity contribution in [1.29, 1.82) is 0 Å². The molecule has 0 spiro atoms. The zero-order chi connectivity index (χ0) is 16.8. The van der Waals surface area contributed by atoms with Crippen LogP contribution in [-0.4, -0.2) is 30.4 Å². The van der Waals surface area contributed by atoms with Gasteiger partial charge in [0.2, 0.25) is 0 Å². The fraction of sp³-hybridized carbons (Fsp3) is 0.450. The number of aryl methyl sites for hydroxylation is 1. The monoisotopic (exact) mass is 342 g/mol. The summed E-state index contributed by atoms with van der Waals surface area (Å²) in [5.74, 6) is 0.0254. The molecule has 1 saturated heterocycles. The van der Waals surface area contributed by atoms with E-state index < -0.39 is 0 Å². The highest BCUT2D eigenvalue weighted by molar-refractivity contribution is 7.07. The minimum Gasteiger partial charge on any atom is -0.350 e. The van der Waals surface area contributed by atoms with Crippen LogP contribution in [0, 0.1) is 0 Å². The number of benzene rings is 1. The first kappa shape index (κ1) is 17.2. The molecule has 0 aliphatic carbocycles. The second-order valence-electron chi connectivity index (χ2n) is 6.47. The van der Waals surface area contributed by atoms with Crippen molar-refractivity contribution in [2.45, 2.75) is 38.6 Å². The lowest BCUT2D eigenvalue weighted by Gasteiger charge is -2.27. The number of nitrogens with zero attached hydrogens (tertiary/aromatic N) is 1. The normalized spacial score (nSPS) is 16.2. The third-order valence-electron chi connectivity index (χ3n) is 4.72. The van der Waals surface area contributed by atoms with E-state index in [1.54, 1.807) is 11.3 Å². The van der Waals surface area contributed by atoms with Crippen LogP contribution in [0.25, 0.3) is 0 Å². The lowest BCUT2D eigenvalue weighted by molar-refractivity contribution is 0.0938. The summed E-state index contributed by atoms with van der Waals surface area (Å²) in [7, 11) is 0. The smallest absolute Gasteiger partial charge is 0.251 e. The van der Waals surface area contributed by atoms with Gasteiger partial charge in [0.1, 0.15) is 0 Å². The van der Waals surface area contributed by atoms with Crippen LogP contribution >= 0.6 is 11.3 Å². The molecule has 1 unspecified atom stereocenters. The van der Waals surface area contributed by atoms with Crippen LogP contribution in [0.4, 0.5) is 0 Å². The third-order valence-corrected chi connectivity index (χ3v) is 5.42. The van der Waals surface area contributed by atoms with Crippen molar-refractivity contribution in [3.8, 4) is 0 Å². The molecule has 1 amide bonds. The van der Waals surface area contributed by atoms with E-state index in [0.717, 1.165) is 31.5 Å². The molecule has 0 saturated carbocycles. The van der Waals surface area contributed by atoms with Crippen molar-refractivity contribution in [2.24, 2.45) is 0 Å². The predicted molar refractivity (Wildman–Crippen MR) is 101 cm³/mol. The molecule has 1 fully saturated rings. The first-order chi connectivity index (χ1) is 11.8. The van der Waals surface area contributed by atoms with Crippen LogP contribution in [0.2, 0.25) is 0 Å². The molecule has 0 bridgehead atoms. The second-order valence-corrected chi connectivity index (χ2v) is 7.25. The minimum absolute atomic E-state index is 0.0254. The Bertz CT molecular complexity index is 630. The molecule has 128 valence electrons. The summed E-state index contributed by atoms with van der Waals surface area (Å²) in [6.45, 7) is 5.10. The fourth-order valence-electron chi connectivity index (χ4n) is 3.38. The SMILES string of the molecule is CCCc1ccc(C(=O)NCC(c2ccsc2)N2CCCC2)cc1. The number of likely N-dealkylation sites (tertiary alicyclic amines) is 1. The Morgan fingerprint density at radius 1 is 1.21 bits per heavy atom. The average molecular weight is 343 g/mol. The Hall–Kier alpha value is -1.65. The van der Waals surface area contributed by atoms with Crippen molar-refractivity contribution in [3.63, 3.8) is 0 Å². The van der Waals surface area contributed by atoms with Gasteiger partial charge in [0.25, 0.3) is 5.91 Å². The number of nitrogens with one attached hydrogen (secondary N) is 1. The summed E-state index contributed by atoms with van der Waals surface area (Å²) in [4.78, 5) is 15.0. The quantitative estimate of drug-likeness (QED) is 0.815. The number of rotatable bonds is 7. The number of hydrogen-bond acceptors (Lipinski definition) is 3. The van der Waals surface area contributed by atoms with E-state index in [1.807, 2.05) is 12.1 Å². The summed E-state index contributed by atoms with van der Waals surface area (Å²) in [6, 6.07) is 10.5. The Balaban J connectivity index is 1.62. The van der Waals surface area contributed by atoms with E-state index >= 15 is 0 Å². The van der Waals surface area contributed by atoms with E-state index in [2.05, 4.69) is 46.1 Å². The van der Waals surface area contributed by atoms with Gasteiger partial charge in [-0.3, -0.25) is 9.69 Å². The van der Waals surface area contributed by atoms with Crippen LogP contribution < -0.4 is 5.32 Å². The molecule has 1 aromatic carbocycles. The Morgan fingerprint density at radius 2 is 1.96 bits per heavy atom. The van der Waals surface area contributed by atoms with Crippen LogP contribution in [-0.2, 0) is 6.42 Å². The number of thiophene rings is 1. The largest absolute Gasteiger partial charge is 0.350 e. The van der Waals surface area contributed by atoms with Crippen molar-refractivity contribution < 1.29 is 4.79 Å². The molecule has 1 N–H and O–H groups in total. The van der Waals surface area contributed by atoms with E-state index in [1.165, 1.54) is 24.0 Å². The Kier molecular flexibility index (Phi) is 6.05. The van der Waals surface area contributed by atoms with Crippen LogP contribution in [0.5, 0.6) is 0 Å². The number of carbonyl (C=O) groups is 1. The van der Waals surface area contributed by atoms with Gasteiger partial charge in [-0.2, -0.15) is 11.3 Å². The van der Waals surface area contributed by atoms with Gasteiger partial charge in [-0.1, -0.05) is 25.5 Å². The lowest BCUT2D eigenvalue weighted by atomic mass is 10.1. The van der Waals surface area contributed by atoms with E-state index in [-0.39, 0.29) is 5.91 Å². The molecule has 3 nitrogen and oxygen atoms in total.